The van der Waals surface area contributed by atoms with Crippen molar-refractivity contribution in [3.05, 3.63) is 83.9 Å². The number of nitrogens with zero attached hydrogens (tertiary/aromatic N) is 1. The highest BCUT2D eigenvalue weighted by molar-refractivity contribution is 5.95. The van der Waals surface area contributed by atoms with E-state index >= 15 is 0 Å². The molecule has 0 fully saturated rings. The zero-order chi connectivity index (χ0) is 22.5. The number of halogens is 1. The summed E-state index contributed by atoms with van der Waals surface area (Å²) in [5, 5.41) is 0.712. The lowest BCUT2D eigenvalue weighted by atomic mass is 10.0. The zero-order valence-electron chi connectivity index (χ0n) is 17.3. The second-order valence-electron chi connectivity index (χ2n) is 7.14. The van der Waals surface area contributed by atoms with Crippen LogP contribution in [0, 0.1) is 5.82 Å². The number of hydrogen-bond acceptors (Lipinski definition) is 4. The van der Waals surface area contributed by atoms with Crippen LogP contribution in [0.1, 0.15) is 22.3 Å². The van der Waals surface area contributed by atoms with Crippen molar-refractivity contribution < 1.29 is 18.7 Å². The van der Waals surface area contributed by atoms with Crippen molar-refractivity contribution in [3.63, 3.8) is 0 Å². The molecule has 2 heterocycles. The van der Waals surface area contributed by atoms with Gasteiger partial charge in [0.25, 0.3) is 5.91 Å². The molecule has 162 valence electrons. The van der Waals surface area contributed by atoms with Crippen LogP contribution in [0.5, 0.6) is 5.75 Å². The number of rotatable bonds is 6. The first-order valence-corrected chi connectivity index (χ1v) is 9.99. The number of hydrogen-bond donors (Lipinski definition) is 3. The molecule has 4 aromatic rings. The molecule has 0 saturated heterocycles. The van der Waals surface area contributed by atoms with Crippen molar-refractivity contribution in [2.24, 2.45) is 0 Å². The number of H-pyrrole nitrogens is 1. The van der Waals surface area contributed by atoms with Gasteiger partial charge in [-0.3, -0.25) is 25.4 Å². The normalized spacial score (nSPS) is 10.7. The Bertz CT molecular complexity index is 1250. The fourth-order valence-electron chi connectivity index (χ4n) is 3.49. The molecule has 4 rings (SSSR count). The molecule has 0 aliphatic carbocycles. The number of aryl methyl sites for hydroxylation is 1. The Morgan fingerprint density at radius 2 is 1.78 bits per heavy atom. The van der Waals surface area contributed by atoms with Crippen molar-refractivity contribution in [3.8, 4) is 17.0 Å². The number of benzene rings is 2. The van der Waals surface area contributed by atoms with Crippen LogP contribution in [0.3, 0.4) is 0 Å². The number of aromatic amines is 1. The van der Waals surface area contributed by atoms with Crippen molar-refractivity contribution in [1.29, 1.82) is 0 Å². The van der Waals surface area contributed by atoms with E-state index in [4.69, 9.17) is 4.74 Å². The summed E-state index contributed by atoms with van der Waals surface area (Å²) in [5.41, 5.74) is 8.48. The molecule has 0 aliphatic heterocycles. The Morgan fingerprint density at radius 1 is 1.03 bits per heavy atom. The standard InChI is InChI=1S/C24H21FN4O3/c1-32-18-5-2-15(3-6-18)23-19(20-14-17(25)4-8-21(20)27-23)7-9-22(30)28-29-24(31)16-10-12-26-13-11-16/h2-6,8,10-14,27H,7,9H2,1H3,(H,28,30)(H,29,31). The van der Waals surface area contributed by atoms with Gasteiger partial charge in [-0.1, -0.05) is 0 Å². The molecular weight excluding hydrogens is 411 g/mol. The highest BCUT2D eigenvalue weighted by Crippen LogP contribution is 2.32. The van der Waals surface area contributed by atoms with Crippen LogP contribution in [-0.4, -0.2) is 28.9 Å². The quantitative estimate of drug-likeness (QED) is 0.404. The number of hydrazine groups is 1. The number of pyridine rings is 1. The highest BCUT2D eigenvalue weighted by Gasteiger charge is 2.16. The summed E-state index contributed by atoms with van der Waals surface area (Å²) in [5.74, 6) is -0.428. The van der Waals surface area contributed by atoms with E-state index in [1.165, 1.54) is 24.5 Å². The van der Waals surface area contributed by atoms with Gasteiger partial charge in [0.15, 0.2) is 0 Å². The fraction of sp³-hybridized carbons (Fsp3) is 0.125. The number of methoxy groups -OCH3 is 1. The fourth-order valence-corrected chi connectivity index (χ4v) is 3.49. The van der Waals surface area contributed by atoms with Gasteiger partial charge in [-0.25, -0.2) is 4.39 Å². The Kier molecular flexibility index (Phi) is 6.12. The Hall–Kier alpha value is -4.20. The summed E-state index contributed by atoms with van der Waals surface area (Å²) in [6, 6.07) is 15.1. The number of carbonyl (C=O) groups is 2. The number of aromatic nitrogens is 2. The van der Waals surface area contributed by atoms with E-state index in [9.17, 15) is 14.0 Å². The molecule has 0 atom stereocenters. The summed E-state index contributed by atoms with van der Waals surface area (Å²) in [6.45, 7) is 0. The molecular formula is C24H21FN4O3. The van der Waals surface area contributed by atoms with Crippen LogP contribution in [-0.2, 0) is 11.2 Å². The minimum Gasteiger partial charge on any atom is -0.497 e. The summed E-state index contributed by atoms with van der Waals surface area (Å²) < 4.78 is 19.2. The third-order valence-electron chi connectivity index (χ3n) is 5.11. The van der Waals surface area contributed by atoms with Crippen LogP contribution < -0.4 is 15.6 Å². The average molecular weight is 432 g/mol. The molecule has 32 heavy (non-hydrogen) atoms. The number of nitrogens with one attached hydrogen (secondary N) is 3. The molecule has 2 aromatic heterocycles. The molecule has 3 N–H and O–H groups in total. The molecule has 8 heteroatoms. The molecule has 0 bridgehead atoms. The maximum absolute atomic E-state index is 13.9. The van der Waals surface area contributed by atoms with Gasteiger partial charge in [-0.05, 0) is 72.1 Å². The minimum absolute atomic E-state index is 0.100. The Labute approximate surface area is 183 Å². The summed E-state index contributed by atoms with van der Waals surface area (Å²) in [6.07, 6.45) is 3.44. The molecule has 7 nitrogen and oxygen atoms in total. The van der Waals surface area contributed by atoms with E-state index in [0.717, 1.165) is 28.1 Å². The van der Waals surface area contributed by atoms with E-state index < -0.39 is 5.91 Å². The van der Waals surface area contributed by atoms with Gasteiger partial charge in [-0.15, -0.1) is 0 Å². The SMILES string of the molecule is COc1ccc(-c2[nH]c3ccc(F)cc3c2CCC(=O)NNC(=O)c2ccncc2)cc1. The molecule has 2 amide bonds. The predicted molar refractivity (Wildman–Crippen MR) is 118 cm³/mol. The van der Waals surface area contributed by atoms with Crippen LogP contribution in [0.4, 0.5) is 4.39 Å². The number of carbonyl (C=O) groups excluding carboxylic acids is 2. The van der Waals surface area contributed by atoms with Crippen molar-refractivity contribution >= 4 is 22.7 Å². The molecule has 0 saturated carbocycles. The largest absolute Gasteiger partial charge is 0.497 e. The van der Waals surface area contributed by atoms with Crippen molar-refractivity contribution in [2.75, 3.05) is 7.11 Å². The number of ether oxygens (including phenoxy) is 1. The topological polar surface area (TPSA) is 96.1 Å². The lowest BCUT2D eigenvalue weighted by Gasteiger charge is -2.09. The average Bonchev–Trinajstić information content (AvgIpc) is 3.19. The van der Waals surface area contributed by atoms with E-state index in [2.05, 4.69) is 20.8 Å². The minimum atomic E-state index is -0.436. The second-order valence-corrected chi connectivity index (χ2v) is 7.14. The molecule has 2 aromatic carbocycles. The first kappa shape index (κ1) is 21.0. The zero-order valence-corrected chi connectivity index (χ0v) is 17.3. The highest BCUT2D eigenvalue weighted by atomic mass is 19.1. The molecule has 0 aliphatic rings. The van der Waals surface area contributed by atoms with E-state index in [1.807, 2.05) is 24.3 Å². The second kappa shape index (κ2) is 9.30. The van der Waals surface area contributed by atoms with Gasteiger partial charge in [-0.2, -0.15) is 0 Å². The van der Waals surface area contributed by atoms with Gasteiger partial charge in [0.05, 0.1) is 7.11 Å². The Balaban J connectivity index is 1.51. The third kappa shape index (κ3) is 4.59. The lowest BCUT2D eigenvalue weighted by molar-refractivity contribution is -0.121. The van der Waals surface area contributed by atoms with E-state index in [-0.39, 0.29) is 18.1 Å². The third-order valence-corrected chi connectivity index (χ3v) is 5.11. The Morgan fingerprint density at radius 3 is 2.50 bits per heavy atom. The van der Waals surface area contributed by atoms with Crippen LogP contribution in [0.25, 0.3) is 22.2 Å². The predicted octanol–water partition coefficient (Wildman–Crippen LogP) is 3.77. The first-order chi connectivity index (χ1) is 15.5. The summed E-state index contributed by atoms with van der Waals surface area (Å²) >= 11 is 0. The number of fused-ring (bicyclic) bond motifs is 1. The first-order valence-electron chi connectivity index (χ1n) is 9.99. The van der Waals surface area contributed by atoms with E-state index in [0.29, 0.717) is 17.4 Å². The monoisotopic (exact) mass is 432 g/mol. The molecule has 0 unspecified atom stereocenters. The van der Waals surface area contributed by atoms with Crippen LogP contribution in [0.2, 0.25) is 0 Å². The van der Waals surface area contributed by atoms with Gasteiger partial charge >= 0.3 is 0 Å². The maximum atomic E-state index is 13.9. The van der Waals surface area contributed by atoms with Gasteiger partial charge in [0, 0.05) is 41.0 Å². The smallest absolute Gasteiger partial charge is 0.269 e. The van der Waals surface area contributed by atoms with Crippen LogP contribution in [0.15, 0.2) is 67.0 Å². The van der Waals surface area contributed by atoms with E-state index in [1.54, 1.807) is 25.3 Å². The van der Waals surface area contributed by atoms with Gasteiger partial charge < -0.3 is 9.72 Å². The molecule has 0 spiro atoms. The summed E-state index contributed by atoms with van der Waals surface area (Å²) in [4.78, 5) is 31.6. The lowest BCUT2D eigenvalue weighted by Crippen LogP contribution is -2.41. The van der Waals surface area contributed by atoms with Gasteiger partial charge in [0.2, 0.25) is 5.91 Å². The van der Waals surface area contributed by atoms with Crippen molar-refractivity contribution in [2.45, 2.75) is 12.8 Å². The molecule has 0 radical (unpaired) electrons. The summed E-state index contributed by atoms with van der Waals surface area (Å²) in [7, 11) is 1.60. The van der Waals surface area contributed by atoms with Crippen LogP contribution >= 0.6 is 0 Å². The maximum Gasteiger partial charge on any atom is 0.269 e. The van der Waals surface area contributed by atoms with Gasteiger partial charge in [0.1, 0.15) is 11.6 Å². The van der Waals surface area contributed by atoms with Crippen molar-refractivity contribution in [1.82, 2.24) is 20.8 Å². The number of amides is 2.